The van der Waals surface area contributed by atoms with E-state index in [9.17, 15) is 13.6 Å². The van der Waals surface area contributed by atoms with Crippen LogP contribution in [0.3, 0.4) is 0 Å². The molecule has 5 heteroatoms. The van der Waals surface area contributed by atoms with Crippen molar-refractivity contribution >= 4 is 6.29 Å². The summed E-state index contributed by atoms with van der Waals surface area (Å²) in [6.07, 6.45) is 3.11. The van der Waals surface area contributed by atoms with Crippen LogP contribution in [0.15, 0.2) is 36.7 Å². The number of hydrogen-bond acceptors (Lipinski definition) is 3. The van der Waals surface area contributed by atoms with Crippen LogP contribution >= 0.6 is 0 Å². The van der Waals surface area contributed by atoms with E-state index in [1.165, 1.54) is 24.3 Å². The fraction of sp³-hybridized carbons (Fsp3) is 0.154. The number of carbonyl (C=O) groups is 1. The van der Waals surface area contributed by atoms with Crippen LogP contribution in [0.5, 0.6) is 0 Å². The molecule has 18 heavy (non-hydrogen) atoms. The Labute approximate surface area is 103 Å². The van der Waals surface area contributed by atoms with Gasteiger partial charge in [-0.2, -0.15) is 0 Å². The Morgan fingerprint density at radius 1 is 1.06 bits per heavy atom. The lowest BCUT2D eigenvalue weighted by Gasteiger charge is -2.09. The van der Waals surface area contributed by atoms with Gasteiger partial charge in [-0.15, -0.1) is 0 Å². The first-order chi connectivity index (χ1) is 8.69. The standard InChI is InChI=1S/C13H10F2N2O/c14-11-3-1-9(2-4-11)10(8-18)5-13-16-6-12(15)7-17-13/h1-4,6-8,10H,5H2. The van der Waals surface area contributed by atoms with E-state index in [0.717, 1.165) is 18.7 Å². The Balaban J connectivity index is 2.16. The Bertz CT molecular complexity index is 526. The summed E-state index contributed by atoms with van der Waals surface area (Å²) < 4.78 is 25.4. The summed E-state index contributed by atoms with van der Waals surface area (Å²) in [4.78, 5) is 18.6. The number of aromatic nitrogens is 2. The van der Waals surface area contributed by atoms with Gasteiger partial charge in [0, 0.05) is 12.3 Å². The summed E-state index contributed by atoms with van der Waals surface area (Å²) in [7, 11) is 0. The Kier molecular flexibility index (Phi) is 3.72. The summed E-state index contributed by atoms with van der Waals surface area (Å²) >= 11 is 0. The molecule has 0 saturated heterocycles. The first-order valence-electron chi connectivity index (χ1n) is 5.36. The lowest BCUT2D eigenvalue weighted by molar-refractivity contribution is -0.109. The van der Waals surface area contributed by atoms with Gasteiger partial charge in [-0.05, 0) is 17.7 Å². The predicted octanol–water partition coefficient (Wildman–Crippen LogP) is 2.28. The quantitative estimate of drug-likeness (QED) is 0.779. The molecule has 1 heterocycles. The number of hydrogen-bond donors (Lipinski definition) is 0. The highest BCUT2D eigenvalue weighted by atomic mass is 19.1. The van der Waals surface area contributed by atoms with Gasteiger partial charge in [0.25, 0.3) is 0 Å². The minimum Gasteiger partial charge on any atom is -0.303 e. The van der Waals surface area contributed by atoms with Crippen LogP contribution in [0.4, 0.5) is 8.78 Å². The molecule has 0 spiro atoms. The van der Waals surface area contributed by atoms with E-state index in [1.54, 1.807) is 0 Å². The molecule has 0 saturated carbocycles. The molecule has 0 bridgehead atoms. The molecule has 0 aliphatic rings. The molecule has 2 aromatic rings. The van der Waals surface area contributed by atoms with Crippen molar-refractivity contribution in [2.24, 2.45) is 0 Å². The van der Waals surface area contributed by atoms with E-state index in [4.69, 9.17) is 0 Å². The molecule has 3 nitrogen and oxygen atoms in total. The predicted molar refractivity (Wildman–Crippen MR) is 60.9 cm³/mol. The van der Waals surface area contributed by atoms with E-state index in [1.807, 2.05) is 0 Å². The van der Waals surface area contributed by atoms with Crippen molar-refractivity contribution in [3.63, 3.8) is 0 Å². The third-order valence-electron chi connectivity index (χ3n) is 2.54. The van der Waals surface area contributed by atoms with Crippen molar-refractivity contribution in [3.8, 4) is 0 Å². The molecule has 0 radical (unpaired) electrons. The van der Waals surface area contributed by atoms with E-state index in [2.05, 4.69) is 9.97 Å². The minimum atomic E-state index is -0.525. The highest BCUT2D eigenvalue weighted by Gasteiger charge is 2.13. The normalized spacial score (nSPS) is 12.1. The smallest absolute Gasteiger partial charge is 0.159 e. The molecule has 0 fully saturated rings. The fourth-order valence-corrected chi connectivity index (χ4v) is 1.60. The van der Waals surface area contributed by atoms with E-state index >= 15 is 0 Å². The topological polar surface area (TPSA) is 42.9 Å². The lowest BCUT2D eigenvalue weighted by atomic mass is 9.97. The molecule has 92 valence electrons. The van der Waals surface area contributed by atoms with Gasteiger partial charge in [0.05, 0.1) is 12.4 Å². The maximum absolute atomic E-state index is 12.8. The van der Waals surface area contributed by atoms with Gasteiger partial charge in [-0.25, -0.2) is 18.7 Å². The van der Waals surface area contributed by atoms with Crippen molar-refractivity contribution in [1.82, 2.24) is 9.97 Å². The first kappa shape index (κ1) is 12.3. The molecule has 0 amide bonds. The average Bonchev–Trinajstić information content (AvgIpc) is 2.39. The Morgan fingerprint density at radius 2 is 1.67 bits per heavy atom. The second kappa shape index (κ2) is 5.44. The van der Waals surface area contributed by atoms with Gasteiger partial charge in [-0.1, -0.05) is 12.1 Å². The molecule has 1 unspecified atom stereocenters. The summed E-state index contributed by atoms with van der Waals surface area (Å²) in [6.45, 7) is 0. The van der Waals surface area contributed by atoms with Crippen molar-refractivity contribution < 1.29 is 13.6 Å². The maximum Gasteiger partial charge on any atom is 0.159 e. The third-order valence-corrected chi connectivity index (χ3v) is 2.54. The van der Waals surface area contributed by atoms with Gasteiger partial charge >= 0.3 is 0 Å². The van der Waals surface area contributed by atoms with Crippen LogP contribution in [-0.2, 0) is 11.2 Å². The van der Waals surface area contributed by atoms with E-state index in [-0.39, 0.29) is 12.2 Å². The highest BCUT2D eigenvalue weighted by molar-refractivity contribution is 5.62. The Hall–Kier alpha value is -2.17. The minimum absolute atomic E-state index is 0.259. The van der Waals surface area contributed by atoms with E-state index < -0.39 is 11.7 Å². The number of carbonyl (C=O) groups excluding carboxylic acids is 1. The van der Waals surface area contributed by atoms with Gasteiger partial charge in [0.1, 0.15) is 17.9 Å². The monoisotopic (exact) mass is 248 g/mol. The second-order valence-corrected chi connectivity index (χ2v) is 3.82. The number of nitrogens with zero attached hydrogens (tertiary/aromatic N) is 2. The van der Waals surface area contributed by atoms with Crippen molar-refractivity contribution in [3.05, 3.63) is 59.7 Å². The highest BCUT2D eigenvalue weighted by Crippen LogP contribution is 2.17. The van der Waals surface area contributed by atoms with Crippen LogP contribution in [0.25, 0.3) is 0 Å². The zero-order valence-corrected chi connectivity index (χ0v) is 9.38. The number of benzene rings is 1. The number of aldehydes is 1. The van der Waals surface area contributed by atoms with E-state index in [0.29, 0.717) is 11.4 Å². The second-order valence-electron chi connectivity index (χ2n) is 3.82. The molecular weight excluding hydrogens is 238 g/mol. The summed E-state index contributed by atoms with van der Waals surface area (Å²) in [5, 5.41) is 0. The molecule has 1 aromatic heterocycles. The van der Waals surface area contributed by atoms with Gasteiger partial charge in [0.15, 0.2) is 5.82 Å². The van der Waals surface area contributed by atoms with Crippen molar-refractivity contribution in [1.29, 1.82) is 0 Å². The zero-order valence-electron chi connectivity index (χ0n) is 9.38. The third kappa shape index (κ3) is 2.94. The van der Waals surface area contributed by atoms with Crippen LogP contribution in [0, 0.1) is 11.6 Å². The van der Waals surface area contributed by atoms with Crippen molar-refractivity contribution in [2.45, 2.75) is 12.3 Å². The average molecular weight is 248 g/mol. The summed E-state index contributed by atoms with van der Waals surface area (Å²) in [5.41, 5.74) is 0.680. The maximum atomic E-state index is 12.8. The number of halogens is 2. The molecule has 0 aliphatic heterocycles. The summed E-state index contributed by atoms with van der Waals surface area (Å²) in [6, 6.07) is 5.66. The molecule has 0 N–H and O–H groups in total. The lowest BCUT2D eigenvalue weighted by Crippen LogP contribution is -2.07. The molecule has 1 atom stereocenters. The molecular formula is C13H10F2N2O. The van der Waals surface area contributed by atoms with Gasteiger partial charge in [-0.3, -0.25) is 0 Å². The SMILES string of the molecule is O=CC(Cc1ncc(F)cn1)c1ccc(F)cc1. The van der Waals surface area contributed by atoms with Gasteiger partial charge < -0.3 is 4.79 Å². The number of rotatable bonds is 4. The largest absolute Gasteiger partial charge is 0.303 e. The first-order valence-corrected chi connectivity index (χ1v) is 5.36. The molecule has 2 rings (SSSR count). The van der Waals surface area contributed by atoms with Crippen molar-refractivity contribution in [2.75, 3.05) is 0 Å². The fourth-order valence-electron chi connectivity index (χ4n) is 1.60. The summed E-state index contributed by atoms with van der Waals surface area (Å²) in [5.74, 6) is -0.974. The molecule has 1 aromatic carbocycles. The van der Waals surface area contributed by atoms with Crippen LogP contribution < -0.4 is 0 Å². The molecule has 0 aliphatic carbocycles. The zero-order chi connectivity index (χ0) is 13.0. The van der Waals surface area contributed by atoms with Crippen LogP contribution in [-0.4, -0.2) is 16.3 Å². The van der Waals surface area contributed by atoms with Gasteiger partial charge in [0.2, 0.25) is 0 Å². The van der Waals surface area contributed by atoms with Crippen LogP contribution in [0.1, 0.15) is 17.3 Å². The Morgan fingerprint density at radius 3 is 2.22 bits per heavy atom. The van der Waals surface area contributed by atoms with Crippen LogP contribution in [0.2, 0.25) is 0 Å².